The van der Waals surface area contributed by atoms with Crippen molar-refractivity contribution in [2.24, 2.45) is 0 Å². The molecular formula is C7H5F2N3O. The highest BCUT2D eigenvalue weighted by atomic mass is 19.3. The summed E-state index contributed by atoms with van der Waals surface area (Å²) in [4.78, 5) is 13.3. The van der Waals surface area contributed by atoms with E-state index in [1.807, 2.05) is 0 Å². The zero-order chi connectivity index (χ0) is 10.0. The molecule has 6 heteroatoms. The van der Waals surface area contributed by atoms with E-state index in [0.717, 1.165) is 6.20 Å². The Morgan fingerprint density at radius 3 is 2.69 bits per heavy atom. The summed E-state index contributed by atoms with van der Waals surface area (Å²) in [6.07, 6.45) is -2.10. The van der Waals surface area contributed by atoms with Crippen LogP contribution in [-0.4, -0.2) is 4.98 Å². The fraction of sp³-hybridized carbons (Fsp3) is 0.143. The number of nitrogens with one attached hydrogen (secondary N) is 1. The molecule has 0 aliphatic carbocycles. The van der Waals surface area contributed by atoms with Crippen LogP contribution in [-0.2, 0) is 0 Å². The van der Waals surface area contributed by atoms with E-state index in [9.17, 15) is 13.6 Å². The second kappa shape index (κ2) is 3.23. The summed E-state index contributed by atoms with van der Waals surface area (Å²) in [5.74, 6) is -0.197. The maximum absolute atomic E-state index is 12.1. The highest BCUT2D eigenvalue weighted by Crippen LogP contribution is 2.15. The fourth-order valence-electron chi connectivity index (χ4n) is 0.833. The first-order valence-electron chi connectivity index (χ1n) is 3.27. The third-order valence-electron chi connectivity index (χ3n) is 1.49. The molecule has 0 spiro atoms. The molecular weight excluding hydrogens is 180 g/mol. The summed E-state index contributed by atoms with van der Waals surface area (Å²) in [6, 6.07) is 1.46. The van der Waals surface area contributed by atoms with Crippen LogP contribution in [0, 0.1) is 11.3 Å². The summed E-state index contributed by atoms with van der Waals surface area (Å²) >= 11 is 0. The van der Waals surface area contributed by atoms with Gasteiger partial charge in [-0.3, -0.25) is 4.79 Å². The van der Waals surface area contributed by atoms with Crippen LogP contribution in [0.1, 0.15) is 17.6 Å². The first kappa shape index (κ1) is 9.19. The number of rotatable bonds is 1. The topological polar surface area (TPSA) is 82.7 Å². The third-order valence-corrected chi connectivity index (χ3v) is 1.49. The Labute approximate surface area is 71.6 Å². The molecule has 0 fully saturated rings. The number of anilines is 1. The molecule has 0 bridgehead atoms. The van der Waals surface area contributed by atoms with Gasteiger partial charge in [-0.15, -0.1) is 0 Å². The van der Waals surface area contributed by atoms with Gasteiger partial charge in [-0.2, -0.15) is 5.26 Å². The number of pyridine rings is 1. The number of aromatic nitrogens is 1. The molecule has 1 heterocycles. The zero-order valence-corrected chi connectivity index (χ0v) is 6.34. The second-order valence-electron chi connectivity index (χ2n) is 2.27. The molecule has 0 aliphatic rings. The van der Waals surface area contributed by atoms with E-state index in [-0.39, 0.29) is 5.82 Å². The maximum Gasteiger partial charge on any atom is 0.269 e. The average molecular weight is 185 g/mol. The van der Waals surface area contributed by atoms with Crippen molar-refractivity contribution in [2.75, 3.05) is 5.73 Å². The quantitative estimate of drug-likeness (QED) is 0.677. The lowest BCUT2D eigenvalue weighted by Crippen LogP contribution is -2.16. The molecule has 0 aromatic carbocycles. The number of halogens is 2. The lowest BCUT2D eigenvalue weighted by molar-refractivity contribution is 0.150. The van der Waals surface area contributed by atoms with Crippen molar-refractivity contribution in [1.82, 2.24) is 4.98 Å². The van der Waals surface area contributed by atoms with Crippen LogP contribution in [0.2, 0.25) is 0 Å². The molecule has 68 valence electrons. The van der Waals surface area contributed by atoms with Gasteiger partial charge >= 0.3 is 0 Å². The van der Waals surface area contributed by atoms with Gasteiger partial charge in [0, 0.05) is 6.20 Å². The average Bonchev–Trinajstić information content (AvgIpc) is 2.04. The van der Waals surface area contributed by atoms with Crippen LogP contribution in [0.5, 0.6) is 0 Å². The number of aromatic amines is 1. The van der Waals surface area contributed by atoms with Crippen LogP contribution in [0.4, 0.5) is 14.6 Å². The van der Waals surface area contributed by atoms with E-state index in [4.69, 9.17) is 11.0 Å². The summed E-state index contributed by atoms with van der Waals surface area (Å²) in [6.45, 7) is 0. The molecule has 0 saturated carbocycles. The van der Waals surface area contributed by atoms with Crippen molar-refractivity contribution in [2.45, 2.75) is 6.43 Å². The van der Waals surface area contributed by atoms with Crippen LogP contribution in [0.15, 0.2) is 11.0 Å². The Balaban J connectivity index is 3.48. The highest BCUT2D eigenvalue weighted by molar-refractivity contribution is 5.49. The maximum atomic E-state index is 12.1. The lowest BCUT2D eigenvalue weighted by atomic mass is 10.2. The summed E-state index contributed by atoms with van der Waals surface area (Å²) < 4.78 is 24.2. The molecule has 0 unspecified atom stereocenters. The van der Waals surface area contributed by atoms with E-state index in [1.165, 1.54) is 6.07 Å². The van der Waals surface area contributed by atoms with Crippen molar-refractivity contribution in [3.05, 3.63) is 27.5 Å². The summed E-state index contributed by atoms with van der Waals surface area (Å²) in [7, 11) is 0. The van der Waals surface area contributed by atoms with E-state index < -0.39 is 23.0 Å². The summed E-state index contributed by atoms with van der Waals surface area (Å²) in [5.41, 5.74) is 2.94. The van der Waals surface area contributed by atoms with Crippen molar-refractivity contribution in [3.8, 4) is 6.07 Å². The molecule has 1 rings (SSSR count). The number of nitrogens with zero attached hydrogens (tertiary/aromatic N) is 1. The number of nitrogens with two attached hydrogens (primary N) is 1. The molecule has 0 radical (unpaired) electrons. The number of nitrogen functional groups attached to an aromatic ring is 1. The van der Waals surface area contributed by atoms with Crippen molar-refractivity contribution in [1.29, 1.82) is 5.26 Å². The molecule has 1 aromatic rings. The molecule has 3 N–H and O–H groups in total. The minimum atomic E-state index is -2.91. The summed E-state index contributed by atoms with van der Waals surface area (Å²) in [5, 5.41) is 8.41. The van der Waals surface area contributed by atoms with Gasteiger partial charge in [0.05, 0.1) is 5.56 Å². The molecule has 0 atom stereocenters. The Bertz CT molecular complexity index is 419. The first-order valence-corrected chi connectivity index (χ1v) is 3.27. The number of hydrogen-bond donors (Lipinski definition) is 2. The van der Waals surface area contributed by atoms with Gasteiger partial charge in [0.2, 0.25) is 5.43 Å². The zero-order valence-electron chi connectivity index (χ0n) is 6.34. The number of nitriles is 1. The minimum absolute atomic E-state index is 0.197. The van der Waals surface area contributed by atoms with Crippen LogP contribution < -0.4 is 11.2 Å². The van der Waals surface area contributed by atoms with E-state index in [0.29, 0.717) is 0 Å². The SMILES string of the molecule is N#Cc1c(N)[nH]cc(C(F)F)c1=O. The van der Waals surface area contributed by atoms with Gasteiger partial charge in [-0.25, -0.2) is 8.78 Å². The van der Waals surface area contributed by atoms with Gasteiger partial charge in [-0.05, 0) is 0 Å². The predicted octanol–water partition coefficient (Wildman–Crippen LogP) is 0.766. The van der Waals surface area contributed by atoms with Gasteiger partial charge in [0.1, 0.15) is 17.5 Å². The van der Waals surface area contributed by atoms with Crippen molar-refractivity contribution < 1.29 is 8.78 Å². The Morgan fingerprint density at radius 1 is 1.62 bits per heavy atom. The normalized spacial score (nSPS) is 10.0. The Hall–Kier alpha value is -1.90. The highest BCUT2D eigenvalue weighted by Gasteiger charge is 2.16. The molecule has 0 aliphatic heterocycles. The van der Waals surface area contributed by atoms with Gasteiger partial charge in [0.15, 0.2) is 0 Å². The van der Waals surface area contributed by atoms with Gasteiger partial charge < -0.3 is 10.7 Å². The fourth-order valence-corrected chi connectivity index (χ4v) is 0.833. The smallest absolute Gasteiger partial charge is 0.269 e. The first-order chi connectivity index (χ1) is 6.07. The Kier molecular flexibility index (Phi) is 2.28. The number of alkyl halides is 2. The van der Waals surface area contributed by atoms with E-state index in [1.54, 1.807) is 0 Å². The standard InChI is InChI=1S/C7H5F2N3O/c8-6(9)4-2-12-7(11)3(1-10)5(4)13/h2,6H,(H3,11,12,13). The molecule has 0 saturated heterocycles. The monoisotopic (exact) mass is 185 g/mol. The minimum Gasteiger partial charge on any atom is -0.384 e. The van der Waals surface area contributed by atoms with Crippen LogP contribution >= 0.6 is 0 Å². The second-order valence-corrected chi connectivity index (χ2v) is 2.27. The van der Waals surface area contributed by atoms with Crippen molar-refractivity contribution >= 4 is 5.82 Å². The van der Waals surface area contributed by atoms with E-state index >= 15 is 0 Å². The van der Waals surface area contributed by atoms with E-state index in [2.05, 4.69) is 4.98 Å². The Morgan fingerprint density at radius 2 is 2.23 bits per heavy atom. The third kappa shape index (κ3) is 1.49. The van der Waals surface area contributed by atoms with Crippen LogP contribution in [0.25, 0.3) is 0 Å². The van der Waals surface area contributed by atoms with Crippen molar-refractivity contribution in [3.63, 3.8) is 0 Å². The predicted molar refractivity (Wildman–Crippen MR) is 41.1 cm³/mol. The number of hydrogen-bond acceptors (Lipinski definition) is 3. The molecule has 1 aromatic heterocycles. The van der Waals surface area contributed by atoms with Crippen LogP contribution in [0.3, 0.4) is 0 Å². The molecule has 13 heavy (non-hydrogen) atoms. The number of H-pyrrole nitrogens is 1. The molecule has 4 nitrogen and oxygen atoms in total. The van der Waals surface area contributed by atoms with Gasteiger partial charge in [0.25, 0.3) is 6.43 Å². The largest absolute Gasteiger partial charge is 0.384 e. The lowest BCUT2D eigenvalue weighted by Gasteiger charge is -2.00. The van der Waals surface area contributed by atoms with Gasteiger partial charge in [-0.1, -0.05) is 0 Å². The molecule has 0 amide bonds.